The lowest BCUT2D eigenvalue weighted by molar-refractivity contribution is -0.149. The highest BCUT2D eigenvalue weighted by atomic mass is 16.5. The predicted octanol–water partition coefficient (Wildman–Crippen LogP) is 2.32. The molecular weight excluding hydrogens is 264 g/mol. The highest BCUT2D eigenvalue weighted by Crippen LogP contribution is 2.30. The van der Waals surface area contributed by atoms with Crippen molar-refractivity contribution in [3.8, 4) is 0 Å². The van der Waals surface area contributed by atoms with Gasteiger partial charge in [0.15, 0.2) is 0 Å². The van der Waals surface area contributed by atoms with Crippen LogP contribution in [0.15, 0.2) is 0 Å². The van der Waals surface area contributed by atoms with Crippen LogP contribution >= 0.6 is 0 Å². The van der Waals surface area contributed by atoms with Gasteiger partial charge in [-0.2, -0.15) is 0 Å². The number of esters is 1. The van der Waals surface area contributed by atoms with E-state index in [1.807, 2.05) is 6.92 Å². The molecule has 2 unspecified atom stereocenters. The third-order valence-electron chi connectivity index (χ3n) is 5.65. The summed E-state index contributed by atoms with van der Waals surface area (Å²) in [5.41, 5.74) is 0. The van der Waals surface area contributed by atoms with Crippen molar-refractivity contribution in [2.24, 2.45) is 5.92 Å². The average Bonchev–Trinajstić information content (AvgIpc) is 2.92. The lowest BCUT2D eigenvalue weighted by atomic mass is 9.85. The van der Waals surface area contributed by atoms with Gasteiger partial charge in [0.25, 0.3) is 0 Å². The van der Waals surface area contributed by atoms with Crippen molar-refractivity contribution in [3.63, 3.8) is 0 Å². The number of piperidine rings is 1. The summed E-state index contributed by atoms with van der Waals surface area (Å²) in [5, 5.41) is 3.91. The van der Waals surface area contributed by atoms with Gasteiger partial charge in [0.1, 0.15) is 0 Å². The summed E-state index contributed by atoms with van der Waals surface area (Å²) in [5.74, 6) is 0.174. The summed E-state index contributed by atoms with van der Waals surface area (Å²) in [4.78, 5) is 14.5. The molecule has 1 aliphatic carbocycles. The molecule has 3 aliphatic rings. The van der Waals surface area contributed by atoms with Crippen molar-refractivity contribution in [1.82, 2.24) is 10.2 Å². The molecule has 120 valence electrons. The van der Waals surface area contributed by atoms with Crippen LogP contribution in [0.3, 0.4) is 0 Å². The standard InChI is InChI=1S/C17H30N2O2/c1-2-21-17(20)13-6-8-14(9-7-13)18-15-10-12-19-11-4-3-5-16(15)19/h13-16,18H,2-12H2,1H3. The first-order valence-corrected chi connectivity index (χ1v) is 8.94. The summed E-state index contributed by atoms with van der Waals surface area (Å²) in [6.45, 7) is 4.98. The van der Waals surface area contributed by atoms with E-state index in [9.17, 15) is 4.79 Å². The van der Waals surface area contributed by atoms with Crippen LogP contribution in [-0.4, -0.2) is 48.7 Å². The summed E-state index contributed by atoms with van der Waals surface area (Å²) >= 11 is 0. The Bertz CT molecular complexity index is 353. The Morgan fingerprint density at radius 1 is 1.10 bits per heavy atom. The van der Waals surface area contributed by atoms with Crippen LogP contribution in [0.1, 0.15) is 58.3 Å². The van der Waals surface area contributed by atoms with Gasteiger partial charge in [-0.3, -0.25) is 9.69 Å². The monoisotopic (exact) mass is 294 g/mol. The van der Waals surface area contributed by atoms with E-state index < -0.39 is 0 Å². The minimum Gasteiger partial charge on any atom is -0.466 e. The minimum atomic E-state index is 0.0234. The van der Waals surface area contributed by atoms with Crippen molar-refractivity contribution in [2.75, 3.05) is 19.7 Å². The topological polar surface area (TPSA) is 41.6 Å². The maximum Gasteiger partial charge on any atom is 0.308 e. The zero-order valence-electron chi connectivity index (χ0n) is 13.4. The van der Waals surface area contributed by atoms with E-state index in [4.69, 9.17) is 4.74 Å². The van der Waals surface area contributed by atoms with Crippen molar-refractivity contribution in [2.45, 2.75) is 76.4 Å². The molecule has 21 heavy (non-hydrogen) atoms. The first-order valence-electron chi connectivity index (χ1n) is 8.94. The van der Waals surface area contributed by atoms with Crippen molar-refractivity contribution >= 4 is 5.97 Å². The highest BCUT2D eigenvalue weighted by Gasteiger charge is 2.37. The summed E-state index contributed by atoms with van der Waals surface area (Å²) in [6.07, 6.45) is 9.72. The highest BCUT2D eigenvalue weighted by molar-refractivity contribution is 5.72. The van der Waals surface area contributed by atoms with Gasteiger partial charge in [-0.25, -0.2) is 0 Å². The molecule has 1 saturated carbocycles. The number of nitrogens with one attached hydrogen (secondary N) is 1. The van der Waals surface area contributed by atoms with Crippen LogP contribution in [0.2, 0.25) is 0 Å². The molecule has 2 atom stereocenters. The first-order chi connectivity index (χ1) is 10.3. The number of carbonyl (C=O) groups excluding carboxylic acids is 1. The molecule has 2 aliphatic heterocycles. The van der Waals surface area contributed by atoms with Crippen LogP contribution < -0.4 is 5.32 Å². The number of ether oxygens (including phenoxy) is 1. The number of carbonyl (C=O) groups is 1. The van der Waals surface area contributed by atoms with Gasteiger partial charge >= 0.3 is 5.97 Å². The smallest absolute Gasteiger partial charge is 0.308 e. The normalized spacial score (nSPS) is 37.2. The van der Waals surface area contributed by atoms with E-state index in [0.29, 0.717) is 18.7 Å². The maximum absolute atomic E-state index is 11.8. The Kier molecular flexibility index (Phi) is 5.17. The molecule has 1 N–H and O–H groups in total. The fraction of sp³-hybridized carbons (Fsp3) is 0.941. The predicted molar refractivity (Wildman–Crippen MR) is 83.1 cm³/mol. The second kappa shape index (κ2) is 7.10. The van der Waals surface area contributed by atoms with Gasteiger partial charge in [0.2, 0.25) is 0 Å². The summed E-state index contributed by atoms with van der Waals surface area (Å²) < 4.78 is 5.15. The Morgan fingerprint density at radius 2 is 1.90 bits per heavy atom. The molecule has 3 fully saturated rings. The van der Waals surface area contributed by atoms with Crippen LogP contribution in [0.5, 0.6) is 0 Å². The van der Waals surface area contributed by atoms with Crippen LogP contribution in [0, 0.1) is 5.92 Å². The zero-order valence-corrected chi connectivity index (χ0v) is 13.4. The molecule has 0 spiro atoms. The van der Waals surface area contributed by atoms with Crippen LogP contribution in [0.25, 0.3) is 0 Å². The third-order valence-corrected chi connectivity index (χ3v) is 5.65. The molecule has 2 saturated heterocycles. The van der Waals surface area contributed by atoms with E-state index in [2.05, 4.69) is 10.2 Å². The Balaban J connectivity index is 1.44. The fourth-order valence-electron chi connectivity index (χ4n) is 4.50. The first kappa shape index (κ1) is 15.3. The molecule has 3 rings (SSSR count). The average molecular weight is 294 g/mol. The zero-order chi connectivity index (χ0) is 14.7. The Labute approximate surface area is 128 Å². The van der Waals surface area contributed by atoms with Crippen LogP contribution in [0.4, 0.5) is 0 Å². The number of hydrogen-bond acceptors (Lipinski definition) is 4. The second-order valence-electron chi connectivity index (χ2n) is 6.96. The van der Waals surface area contributed by atoms with E-state index in [1.54, 1.807) is 0 Å². The largest absolute Gasteiger partial charge is 0.466 e. The Morgan fingerprint density at radius 3 is 2.67 bits per heavy atom. The number of hydrogen-bond donors (Lipinski definition) is 1. The molecular formula is C17H30N2O2. The molecule has 4 nitrogen and oxygen atoms in total. The van der Waals surface area contributed by atoms with E-state index in [1.165, 1.54) is 38.8 Å². The fourth-order valence-corrected chi connectivity index (χ4v) is 4.50. The Hall–Kier alpha value is -0.610. The molecule has 0 aromatic heterocycles. The molecule has 0 amide bonds. The van der Waals surface area contributed by atoms with E-state index in [-0.39, 0.29) is 11.9 Å². The lowest BCUT2D eigenvalue weighted by Gasteiger charge is -2.36. The van der Waals surface area contributed by atoms with Gasteiger partial charge in [0.05, 0.1) is 12.5 Å². The van der Waals surface area contributed by atoms with E-state index >= 15 is 0 Å². The van der Waals surface area contributed by atoms with Crippen molar-refractivity contribution in [1.29, 1.82) is 0 Å². The summed E-state index contributed by atoms with van der Waals surface area (Å²) in [6, 6.07) is 2.08. The number of nitrogens with zero attached hydrogens (tertiary/aromatic N) is 1. The quantitative estimate of drug-likeness (QED) is 0.808. The SMILES string of the molecule is CCOC(=O)C1CCC(NC2CCN3CCCCC23)CC1. The molecule has 0 radical (unpaired) electrons. The van der Waals surface area contributed by atoms with Gasteiger partial charge in [-0.05, 0) is 58.4 Å². The van der Waals surface area contributed by atoms with E-state index in [0.717, 1.165) is 31.7 Å². The van der Waals surface area contributed by atoms with Crippen molar-refractivity contribution in [3.05, 3.63) is 0 Å². The molecule has 0 aromatic carbocycles. The number of fused-ring (bicyclic) bond motifs is 1. The van der Waals surface area contributed by atoms with Gasteiger partial charge in [-0.1, -0.05) is 6.42 Å². The maximum atomic E-state index is 11.8. The minimum absolute atomic E-state index is 0.0234. The third kappa shape index (κ3) is 3.59. The number of rotatable bonds is 4. The lowest BCUT2D eigenvalue weighted by Crippen LogP contribution is -2.49. The van der Waals surface area contributed by atoms with Gasteiger partial charge in [0, 0.05) is 24.7 Å². The second-order valence-corrected chi connectivity index (χ2v) is 6.96. The summed E-state index contributed by atoms with van der Waals surface area (Å²) in [7, 11) is 0. The van der Waals surface area contributed by atoms with Crippen molar-refractivity contribution < 1.29 is 9.53 Å². The van der Waals surface area contributed by atoms with Crippen LogP contribution in [-0.2, 0) is 9.53 Å². The van der Waals surface area contributed by atoms with Gasteiger partial charge < -0.3 is 10.1 Å². The molecule has 2 heterocycles. The van der Waals surface area contributed by atoms with Gasteiger partial charge in [-0.15, -0.1) is 0 Å². The molecule has 0 bridgehead atoms. The molecule has 0 aromatic rings. The molecule has 4 heteroatoms.